The minimum atomic E-state index is -0.980. The van der Waals surface area contributed by atoms with Crippen molar-refractivity contribution < 1.29 is 39.1 Å². The molecule has 4 N–H and O–H groups in total. The Morgan fingerprint density at radius 2 is 1.12 bits per heavy atom. The lowest BCUT2D eigenvalue weighted by atomic mass is 10.1. The van der Waals surface area contributed by atoms with Gasteiger partial charge in [-0.2, -0.15) is 0 Å². The number of carboxylic acids is 1. The summed E-state index contributed by atoms with van der Waals surface area (Å²) in [5, 5.41) is 37.8. The quantitative estimate of drug-likeness (QED) is 0.0930. The second kappa shape index (κ2) is 16.7. The van der Waals surface area contributed by atoms with Gasteiger partial charge in [-0.25, -0.2) is 9.59 Å². The summed E-state index contributed by atoms with van der Waals surface area (Å²) in [6.07, 6.45) is 0. The Kier molecular flexibility index (Phi) is 11.7. The number of hydrogen-bond donors (Lipinski definition) is 4. The van der Waals surface area contributed by atoms with Crippen LogP contribution in [-0.2, 0) is 13.2 Å². The fraction of sp³-hybridized carbons (Fsp3) is 0.0500. The largest absolute Gasteiger partial charge is 0.508 e. The summed E-state index contributed by atoms with van der Waals surface area (Å²) < 4.78 is 17.2. The van der Waals surface area contributed by atoms with Gasteiger partial charge >= 0.3 is 11.6 Å². The molecule has 0 atom stereocenters. The molecular formula is C40H31BrO9. The molecule has 0 unspecified atom stereocenters. The van der Waals surface area contributed by atoms with E-state index in [4.69, 9.17) is 29.2 Å². The number of aromatic hydroxyl groups is 3. The monoisotopic (exact) mass is 734 g/mol. The van der Waals surface area contributed by atoms with Gasteiger partial charge in [-0.15, -0.1) is 0 Å². The molecule has 9 nitrogen and oxygen atoms in total. The van der Waals surface area contributed by atoms with Gasteiger partial charge in [0.1, 0.15) is 47.5 Å². The minimum absolute atomic E-state index is 0.0628. The van der Waals surface area contributed by atoms with Crippen LogP contribution in [0.4, 0.5) is 0 Å². The molecule has 10 heteroatoms. The summed E-state index contributed by atoms with van der Waals surface area (Å²) in [5.41, 5.74) is 2.20. The van der Waals surface area contributed by atoms with E-state index in [1.807, 2.05) is 72.8 Å². The highest BCUT2D eigenvalue weighted by atomic mass is 79.9. The zero-order valence-electron chi connectivity index (χ0n) is 26.4. The number of phenolic OH excluding ortho intramolecular Hbond substituents is 3. The molecule has 7 rings (SSSR count). The first-order chi connectivity index (χ1) is 24.2. The molecule has 1 aromatic heterocycles. The average molecular weight is 736 g/mol. The third-order valence-electron chi connectivity index (χ3n) is 7.16. The first-order valence-electron chi connectivity index (χ1n) is 15.2. The molecule has 50 heavy (non-hydrogen) atoms. The molecule has 0 saturated heterocycles. The number of fused-ring (bicyclic) bond motifs is 3. The lowest BCUT2D eigenvalue weighted by Gasteiger charge is -2.08. The first kappa shape index (κ1) is 35.1. The van der Waals surface area contributed by atoms with Crippen LogP contribution >= 0.6 is 15.9 Å². The maximum Gasteiger partial charge on any atom is 0.344 e. The molecule has 1 heterocycles. The van der Waals surface area contributed by atoms with Crippen LogP contribution in [0.15, 0.2) is 153 Å². The van der Waals surface area contributed by atoms with Crippen molar-refractivity contribution in [2.75, 3.05) is 0 Å². The molecule has 0 spiro atoms. The van der Waals surface area contributed by atoms with Crippen molar-refractivity contribution >= 4 is 43.6 Å². The number of hydrogen-bond acceptors (Lipinski definition) is 8. The molecule has 0 fully saturated rings. The predicted octanol–water partition coefficient (Wildman–Crippen LogP) is 9.05. The van der Waals surface area contributed by atoms with Crippen LogP contribution in [0.2, 0.25) is 0 Å². The highest BCUT2D eigenvalue weighted by molar-refractivity contribution is 9.10. The van der Waals surface area contributed by atoms with Crippen LogP contribution in [0, 0.1) is 0 Å². The lowest BCUT2D eigenvalue weighted by Crippen LogP contribution is -2.01. The van der Waals surface area contributed by atoms with Crippen LogP contribution in [0.3, 0.4) is 0 Å². The second-order valence-electron chi connectivity index (χ2n) is 10.8. The molecule has 0 amide bonds. The number of benzene rings is 6. The Balaban J connectivity index is 0.000000164. The summed E-state index contributed by atoms with van der Waals surface area (Å²) in [7, 11) is 0. The van der Waals surface area contributed by atoms with Crippen LogP contribution in [0.25, 0.3) is 21.7 Å². The molecule has 0 aliphatic heterocycles. The maximum absolute atomic E-state index is 12.2. The third kappa shape index (κ3) is 9.65. The van der Waals surface area contributed by atoms with Crippen LogP contribution in [-0.4, -0.2) is 26.4 Å². The summed E-state index contributed by atoms with van der Waals surface area (Å²) in [6.45, 7) is 0.848. The summed E-state index contributed by atoms with van der Waals surface area (Å²) >= 11 is 3.19. The van der Waals surface area contributed by atoms with Gasteiger partial charge in [-0.1, -0.05) is 66.7 Å². The normalized spacial score (nSPS) is 10.3. The number of carboxylic acid groups (broad SMARTS) is 1. The molecule has 252 valence electrons. The number of phenols is 3. The van der Waals surface area contributed by atoms with Crippen LogP contribution < -0.4 is 15.1 Å². The SMILES string of the molecule is O=C(O)c1cc(OCc2ccccc2)ccc1Br.O=c1oc2cc(O)ccc2c2ccc(OCc3ccccc3)cc12.Oc1cccc(O)c1. The van der Waals surface area contributed by atoms with E-state index in [2.05, 4.69) is 15.9 Å². The van der Waals surface area contributed by atoms with Crippen molar-refractivity contribution in [2.24, 2.45) is 0 Å². The Hall–Kier alpha value is -6.26. The number of rotatable bonds is 7. The van der Waals surface area contributed by atoms with Gasteiger partial charge < -0.3 is 34.3 Å². The van der Waals surface area contributed by atoms with Crippen LogP contribution in [0.5, 0.6) is 28.7 Å². The summed E-state index contributed by atoms with van der Waals surface area (Å²) in [6, 6.07) is 40.4. The van der Waals surface area contributed by atoms with E-state index in [-0.39, 0.29) is 22.8 Å². The maximum atomic E-state index is 12.2. The van der Waals surface area contributed by atoms with Crippen LogP contribution in [0.1, 0.15) is 21.5 Å². The van der Waals surface area contributed by atoms with E-state index >= 15 is 0 Å². The molecule has 0 bridgehead atoms. The van der Waals surface area contributed by atoms with Crippen molar-refractivity contribution in [1.29, 1.82) is 0 Å². The fourth-order valence-electron chi connectivity index (χ4n) is 4.72. The van der Waals surface area contributed by atoms with Crippen molar-refractivity contribution in [1.82, 2.24) is 0 Å². The Morgan fingerprint density at radius 3 is 1.68 bits per heavy atom. The van der Waals surface area contributed by atoms with E-state index < -0.39 is 11.6 Å². The highest BCUT2D eigenvalue weighted by Gasteiger charge is 2.11. The molecule has 7 aromatic rings. The Bertz CT molecular complexity index is 2250. The van der Waals surface area contributed by atoms with Gasteiger partial charge in [0, 0.05) is 27.4 Å². The zero-order chi connectivity index (χ0) is 35.5. The van der Waals surface area contributed by atoms with Gasteiger partial charge in [0.15, 0.2) is 0 Å². The molecular weight excluding hydrogens is 704 g/mol. The van der Waals surface area contributed by atoms with Gasteiger partial charge in [0.05, 0.1) is 10.9 Å². The summed E-state index contributed by atoms with van der Waals surface area (Å²) in [5.74, 6) is 0.408. The van der Waals surface area contributed by atoms with Crippen molar-refractivity contribution in [3.05, 3.63) is 171 Å². The van der Waals surface area contributed by atoms with E-state index in [1.54, 1.807) is 36.4 Å². The van der Waals surface area contributed by atoms with Crippen molar-refractivity contribution in [2.45, 2.75) is 13.2 Å². The molecule has 0 radical (unpaired) electrons. The average Bonchev–Trinajstić information content (AvgIpc) is 3.11. The van der Waals surface area contributed by atoms with Gasteiger partial charge in [0.25, 0.3) is 0 Å². The second-order valence-corrected chi connectivity index (χ2v) is 11.6. The number of ether oxygens (including phenoxy) is 2. The molecule has 6 aromatic carbocycles. The van der Waals surface area contributed by atoms with Gasteiger partial charge in [-0.3, -0.25) is 0 Å². The third-order valence-corrected chi connectivity index (χ3v) is 7.86. The summed E-state index contributed by atoms with van der Waals surface area (Å²) in [4.78, 5) is 23.2. The molecule has 0 aliphatic rings. The minimum Gasteiger partial charge on any atom is -0.508 e. The standard InChI is InChI=1S/C20H14O4.C14H11BrO3.C6H6O2/c21-14-6-8-17-16-9-7-15(23-12-13-4-2-1-3-5-13)11-18(16)20(22)24-19(17)10-14;15-13-7-6-11(8-12(13)14(16)17)18-9-10-4-2-1-3-5-10;7-5-2-1-3-6(8)4-5/h1-11,21H,12H2;1-8H,9H2,(H,16,17);1-4,7-8H. The van der Waals surface area contributed by atoms with E-state index in [9.17, 15) is 14.7 Å². The molecule has 0 aliphatic carbocycles. The van der Waals surface area contributed by atoms with Gasteiger partial charge in [0.2, 0.25) is 0 Å². The van der Waals surface area contributed by atoms with E-state index in [1.165, 1.54) is 30.3 Å². The fourth-order valence-corrected chi connectivity index (χ4v) is 5.14. The zero-order valence-corrected chi connectivity index (χ0v) is 28.0. The lowest BCUT2D eigenvalue weighted by molar-refractivity contribution is 0.0695. The van der Waals surface area contributed by atoms with Crippen molar-refractivity contribution in [3.63, 3.8) is 0 Å². The Labute approximate surface area is 295 Å². The predicted molar refractivity (Wildman–Crippen MR) is 194 cm³/mol. The van der Waals surface area contributed by atoms with Crippen molar-refractivity contribution in [3.8, 4) is 28.7 Å². The number of carbonyl (C=O) groups is 1. The van der Waals surface area contributed by atoms with E-state index in [0.29, 0.717) is 40.2 Å². The smallest absolute Gasteiger partial charge is 0.344 e. The molecule has 0 saturated carbocycles. The number of halogens is 1. The van der Waals surface area contributed by atoms with E-state index in [0.717, 1.165) is 21.9 Å². The first-order valence-corrected chi connectivity index (χ1v) is 16.0. The van der Waals surface area contributed by atoms with Gasteiger partial charge in [-0.05, 0) is 87.7 Å². The highest BCUT2D eigenvalue weighted by Crippen LogP contribution is 2.28. The number of aromatic carboxylic acids is 1. The Morgan fingerprint density at radius 1 is 0.580 bits per heavy atom. The topological polar surface area (TPSA) is 147 Å².